The van der Waals surface area contributed by atoms with Crippen molar-refractivity contribution in [2.45, 2.75) is 13.1 Å². The first-order chi connectivity index (χ1) is 15.5. The molecule has 0 saturated carbocycles. The molecule has 0 atom stereocenters. The molecule has 3 aromatic carbocycles. The van der Waals surface area contributed by atoms with E-state index in [1.54, 1.807) is 36.4 Å². The van der Waals surface area contributed by atoms with E-state index in [-0.39, 0.29) is 18.8 Å². The van der Waals surface area contributed by atoms with Crippen LogP contribution < -0.4 is 16.6 Å². The summed E-state index contributed by atoms with van der Waals surface area (Å²) in [6, 6.07) is 24.8. The Kier molecular flexibility index (Phi) is 6.28. The van der Waals surface area contributed by atoms with Crippen molar-refractivity contribution >= 4 is 17.5 Å². The summed E-state index contributed by atoms with van der Waals surface area (Å²) in [5.41, 5.74) is 0.154. The van der Waals surface area contributed by atoms with E-state index < -0.39 is 17.2 Å². The van der Waals surface area contributed by atoms with Gasteiger partial charge in [-0.25, -0.2) is 4.79 Å². The van der Waals surface area contributed by atoms with Gasteiger partial charge in [0.2, 0.25) is 5.69 Å². The first-order valence-electron chi connectivity index (χ1n) is 9.89. The fourth-order valence-electron chi connectivity index (χ4n) is 3.20. The first kappa shape index (κ1) is 21.3. The average Bonchev–Trinajstić information content (AvgIpc) is 2.81. The van der Waals surface area contributed by atoms with Crippen molar-refractivity contribution < 1.29 is 4.79 Å². The summed E-state index contributed by atoms with van der Waals surface area (Å²) >= 11 is 6.08. The van der Waals surface area contributed by atoms with E-state index in [0.717, 1.165) is 20.4 Å². The number of nitrogens with one attached hydrogen (secondary N) is 1. The second kappa shape index (κ2) is 9.45. The van der Waals surface area contributed by atoms with E-state index in [4.69, 9.17) is 11.6 Å². The zero-order valence-corrected chi connectivity index (χ0v) is 17.7. The molecule has 8 heteroatoms. The number of hydrogen-bond donors (Lipinski definition) is 1. The molecule has 0 spiro atoms. The minimum absolute atomic E-state index is 0.000553. The lowest BCUT2D eigenvalue weighted by Gasteiger charge is -2.12. The van der Waals surface area contributed by atoms with Crippen LogP contribution in [0, 0.1) is 0 Å². The Morgan fingerprint density at radius 2 is 1.53 bits per heavy atom. The Morgan fingerprint density at radius 3 is 2.19 bits per heavy atom. The number of aromatic nitrogens is 3. The van der Waals surface area contributed by atoms with Crippen molar-refractivity contribution in [2.75, 3.05) is 0 Å². The van der Waals surface area contributed by atoms with Gasteiger partial charge in [-0.3, -0.25) is 14.2 Å². The standard InChI is InChI=1S/C24H19ClN4O3/c25-19-12-7-13-20(14-19)29-24(32)28(16-18-10-5-2-6-11-18)23(31)21(27-29)22(30)26-15-17-8-3-1-4-9-17/h1-14H,15-16H2,(H,26,30). The number of carbonyl (C=O) groups excluding carboxylic acids is 1. The molecule has 0 aliphatic rings. The van der Waals surface area contributed by atoms with Gasteiger partial charge >= 0.3 is 5.69 Å². The number of rotatable bonds is 6. The fourth-order valence-corrected chi connectivity index (χ4v) is 3.39. The van der Waals surface area contributed by atoms with Crippen LogP contribution in [0.1, 0.15) is 21.6 Å². The number of benzene rings is 3. The second-order valence-corrected chi connectivity index (χ2v) is 7.50. The monoisotopic (exact) mass is 446 g/mol. The lowest BCUT2D eigenvalue weighted by Crippen LogP contribution is -2.46. The predicted molar refractivity (Wildman–Crippen MR) is 122 cm³/mol. The van der Waals surface area contributed by atoms with Crippen LogP contribution in [-0.4, -0.2) is 20.3 Å². The minimum Gasteiger partial charge on any atom is -0.346 e. The smallest absolute Gasteiger partial charge is 0.346 e. The van der Waals surface area contributed by atoms with E-state index in [9.17, 15) is 14.4 Å². The molecule has 4 rings (SSSR count). The molecule has 0 aliphatic heterocycles. The summed E-state index contributed by atoms with van der Waals surface area (Å²) in [6.07, 6.45) is 0. The third kappa shape index (κ3) is 4.68. The topological polar surface area (TPSA) is 86.0 Å². The lowest BCUT2D eigenvalue weighted by molar-refractivity contribution is 0.0941. The highest BCUT2D eigenvalue weighted by atomic mass is 35.5. The Bertz CT molecular complexity index is 1370. The van der Waals surface area contributed by atoms with Crippen LogP contribution in [0.5, 0.6) is 0 Å². The maximum atomic E-state index is 13.1. The van der Waals surface area contributed by atoms with Gasteiger partial charge in [-0.1, -0.05) is 78.3 Å². The van der Waals surface area contributed by atoms with Crippen molar-refractivity contribution in [3.8, 4) is 5.69 Å². The van der Waals surface area contributed by atoms with Gasteiger partial charge in [0.05, 0.1) is 12.2 Å². The molecule has 4 aromatic rings. The molecule has 0 fully saturated rings. The zero-order valence-electron chi connectivity index (χ0n) is 16.9. The van der Waals surface area contributed by atoms with Crippen molar-refractivity contribution in [3.63, 3.8) is 0 Å². The van der Waals surface area contributed by atoms with Crippen LogP contribution >= 0.6 is 11.6 Å². The molecule has 1 amide bonds. The number of halogens is 1. The Balaban J connectivity index is 1.78. The number of nitrogens with zero attached hydrogens (tertiary/aromatic N) is 3. The molecule has 1 N–H and O–H groups in total. The fraction of sp³-hybridized carbons (Fsp3) is 0.0833. The largest absolute Gasteiger partial charge is 0.352 e. The summed E-state index contributed by atoms with van der Waals surface area (Å²) in [4.78, 5) is 39.1. The Labute approximate surface area is 188 Å². The molecular formula is C24H19ClN4O3. The first-order valence-corrected chi connectivity index (χ1v) is 10.3. The molecular weight excluding hydrogens is 428 g/mol. The third-order valence-corrected chi connectivity index (χ3v) is 5.04. The maximum absolute atomic E-state index is 13.1. The number of hydrogen-bond acceptors (Lipinski definition) is 4. The molecule has 1 heterocycles. The summed E-state index contributed by atoms with van der Waals surface area (Å²) in [5.74, 6) is -0.670. The summed E-state index contributed by atoms with van der Waals surface area (Å²) < 4.78 is 2.02. The lowest BCUT2D eigenvalue weighted by atomic mass is 10.2. The highest BCUT2D eigenvalue weighted by Gasteiger charge is 2.20. The molecule has 0 unspecified atom stereocenters. The van der Waals surface area contributed by atoms with Crippen molar-refractivity contribution in [3.05, 3.63) is 128 Å². The van der Waals surface area contributed by atoms with Gasteiger partial charge in [-0.05, 0) is 29.3 Å². The molecule has 0 aliphatic carbocycles. The SMILES string of the molecule is O=C(NCc1ccccc1)c1nn(-c2cccc(Cl)c2)c(=O)n(Cc2ccccc2)c1=O. The van der Waals surface area contributed by atoms with E-state index in [1.165, 1.54) is 0 Å². The van der Waals surface area contributed by atoms with Crippen LogP contribution in [0.3, 0.4) is 0 Å². The van der Waals surface area contributed by atoms with E-state index >= 15 is 0 Å². The van der Waals surface area contributed by atoms with Crippen molar-refractivity contribution in [1.29, 1.82) is 0 Å². The van der Waals surface area contributed by atoms with Gasteiger partial charge in [0.25, 0.3) is 11.5 Å². The highest BCUT2D eigenvalue weighted by Crippen LogP contribution is 2.12. The zero-order chi connectivity index (χ0) is 22.5. The van der Waals surface area contributed by atoms with Crippen LogP contribution in [0.4, 0.5) is 0 Å². The van der Waals surface area contributed by atoms with E-state index in [0.29, 0.717) is 10.7 Å². The van der Waals surface area contributed by atoms with E-state index in [2.05, 4.69) is 10.4 Å². The van der Waals surface area contributed by atoms with Crippen LogP contribution in [0.15, 0.2) is 94.5 Å². The van der Waals surface area contributed by atoms with Gasteiger partial charge in [-0.2, -0.15) is 9.78 Å². The highest BCUT2D eigenvalue weighted by molar-refractivity contribution is 6.30. The van der Waals surface area contributed by atoms with Crippen LogP contribution in [0.2, 0.25) is 5.02 Å². The normalized spacial score (nSPS) is 10.7. The van der Waals surface area contributed by atoms with Gasteiger partial charge in [0.1, 0.15) is 0 Å². The molecule has 160 valence electrons. The van der Waals surface area contributed by atoms with Crippen molar-refractivity contribution in [2.24, 2.45) is 0 Å². The molecule has 0 radical (unpaired) electrons. The maximum Gasteiger partial charge on any atom is 0.352 e. The molecule has 32 heavy (non-hydrogen) atoms. The van der Waals surface area contributed by atoms with Gasteiger partial charge in [0.15, 0.2) is 0 Å². The van der Waals surface area contributed by atoms with E-state index in [1.807, 2.05) is 48.5 Å². The minimum atomic E-state index is -0.761. The summed E-state index contributed by atoms with van der Waals surface area (Å²) in [7, 11) is 0. The molecule has 0 saturated heterocycles. The van der Waals surface area contributed by atoms with Gasteiger partial charge in [0, 0.05) is 11.6 Å². The number of amides is 1. The van der Waals surface area contributed by atoms with Gasteiger partial charge < -0.3 is 5.32 Å². The average molecular weight is 447 g/mol. The van der Waals surface area contributed by atoms with Crippen molar-refractivity contribution in [1.82, 2.24) is 19.7 Å². The summed E-state index contributed by atoms with van der Waals surface area (Å²) in [5, 5.41) is 7.19. The second-order valence-electron chi connectivity index (χ2n) is 7.07. The number of carbonyl (C=O) groups is 1. The third-order valence-electron chi connectivity index (χ3n) is 4.81. The quantitative estimate of drug-likeness (QED) is 0.493. The molecule has 7 nitrogen and oxygen atoms in total. The van der Waals surface area contributed by atoms with Gasteiger partial charge in [-0.15, -0.1) is 0 Å². The molecule has 0 bridgehead atoms. The summed E-state index contributed by atoms with van der Waals surface area (Å²) in [6.45, 7) is 0.219. The Morgan fingerprint density at radius 1 is 0.875 bits per heavy atom. The Hall–Kier alpha value is -3.97. The van der Waals surface area contributed by atoms with Crippen LogP contribution in [-0.2, 0) is 13.1 Å². The predicted octanol–water partition coefficient (Wildman–Crippen LogP) is 3.03. The molecule has 1 aromatic heterocycles. The van der Waals surface area contributed by atoms with Crippen LogP contribution in [0.25, 0.3) is 5.69 Å².